The highest BCUT2D eigenvalue weighted by Crippen LogP contribution is 2.22. The van der Waals surface area contributed by atoms with Gasteiger partial charge in [0.15, 0.2) is 5.96 Å². The van der Waals surface area contributed by atoms with E-state index in [1.165, 1.54) is 11.1 Å². The van der Waals surface area contributed by atoms with Crippen LogP contribution in [0.25, 0.3) is 0 Å². The van der Waals surface area contributed by atoms with Crippen LogP contribution in [0, 0.1) is 0 Å². The van der Waals surface area contributed by atoms with Crippen LogP contribution in [0.5, 0.6) is 0 Å². The van der Waals surface area contributed by atoms with Gasteiger partial charge >= 0.3 is 0 Å². The van der Waals surface area contributed by atoms with Crippen LogP contribution in [-0.4, -0.2) is 72.9 Å². The van der Waals surface area contributed by atoms with Crippen LogP contribution in [0.1, 0.15) is 35.8 Å². The Bertz CT molecular complexity index is 798. The topological polar surface area (TPSA) is 57.9 Å². The Balaban J connectivity index is 1.64. The van der Waals surface area contributed by atoms with E-state index in [0.717, 1.165) is 37.6 Å². The first kappa shape index (κ1) is 21.3. The number of aromatic nitrogens is 2. The molecule has 0 bridgehead atoms. The van der Waals surface area contributed by atoms with Crippen LogP contribution in [-0.2, 0) is 18.2 Å². The second-order valence-corrected chi connectivity index (χ2v) is 7.76. The number of morpholine rings is 1. The Kier molecular flexibility index (Phi) is 7.28. The number of aliphatic imine (C=N–C) groups is 1. The normalized spacial score (nSPS) is 18.9. The number of rotatable bonds is 6. The van der Waals surface area contributed by atoms with Gasteiger partial charge in [-0.15, -0.1) is 0 Å². The summed E-state index contributed by atoms with van der Waals surface area (Å²) in [6.07, 6.45) is 4.98. The van der Waals surface area contributed by atoms with Crippen molar-refractivity contribution in [1.82, 2.24) is 24.9 Å². The van der Waals surface area contributed by atoms with Gasteiger partial charge in [-0.1, -0.05) is 31.2 Å². The average molecular weight is 399 g/mol. The van der Waals surface area contributed by atoms with Crippen molar-refractivity contribution in [2.45, 2.75) is 25.5 Å². The van der Waals surface area contributed by atoms with Gasteiger partial charge in [-0.3, -0.25) is 9.67 Å². The number of likely N-dealkylation sites (N-methyl/N-ethyl adjacent to an activating group) is 1. The van der Waals surface area contributed by atoms with Crippen molar-refractivity contribution in [3.63, 3.8) is 0 Å². The zero-order chi connectivity index (χ0) is 20.8. The summed E-state index contributed by atoms with van der Waals surface area (Å²) >= 11 is 0. The second kappa shape index (κ2) is 9.89. The first-order chi connectivity index (χ1) is 14.0. The molecule has 0 aliphatic carbocycles. The first-order valence-corrected chi connectivity index (χ1v) is 10.3. The quantitative estimate of drug-likeness (QED) is 0.597. The molecule has 2 atom stereocenters. The molecular formula is C22H34N6O. The Hall–Kier alpha value is -2.38. The number of benzene rings is 1. The molecule has 2 aromatic rings. The monoisotopic (exact) mass is 398 g/mol. The lowest BCUT2D eigenvalue weighted by Crippen LogP contribution is -2.49. The van der Waals surface area contributed by atoms with E-state index in [9.17, 15) is 0 Å². The lowest BCUT2D eigenvalue weighted by atomic mass is 10.0. The highest BCUT2D eigenvalue weighted by Gasteiger charge is 2.25. The van der Waals surface area contributed by atoms with Gasteiger partial charge in [0.05, 0.1) is 25.4 Å². The number of aryl methyl sites for hydroxylation is 2. The molecule has 1 aliphatic rings. The standard InChI is InChI=1S/C22H34N6O/c1-6-17-7-9-18(10-8-17)20(26(3)4)14-24-22(23-2)28-11-12-29-21(16-28)19-13-25-27(5)15-19/h7-10,13,15,20-21H,6,11-12,14,16H2,1-5H3,(H,23,24). The van der Waals surface area contributed by atoms with E-state index in [-0.39, 0.29) is 12.1 Å². The minimum absolute atomic E-state index is 0.0160. The van der Waals surface area contributed by atoms with Crippen LogP contribution >= 0.6 is 0 Å². The third kappa shape index (κ3) is 5.36. The molecule has 0 radical (unpaired) electrons. The summed E-state index contributed by atoms with van der Waals surface area (Å²) in [5, 5.41) is 7.86. The molecule has 1 aliphatic heterocycles. The molecule has 1 fully saturated rings. The molecule has 1 aromatic heterocycles. The number of ether oxygens (including phenoxy) is 1. The maximum absolute atomic E-state index is 5.97. The summed E-state index contributed by atoms with van der Waals surface area (Å²) < 4.78 is 7.79. The number of guanidine groups is 1. The zero-order valence-electron chi connectivity index (χ0n) is 18.3. The summed E-state index contributed by atoms with van der Waals surface area (Å²) in [7, 11) is 8.02. The van der Waals surface area contributed by atoms with E-state index in [4.69, 9.17) is 4.74 Å². The van der Waals surface area contributed by atoms with Gasteiger partial charge in [0.25, 0.3) is 0 Å². The Morgan fingerprint density at radius 3 is 2.69 bits per heavy atom. The van der Waals surface area contributed by atoms with Crippen molar-refractivity contribution >= 4 is 5.96 Å². The molecule has 1 saturated heterocycles. The van der Waals surface area contributed by atoms with Gasteiger partial charge < -0.3 is 19.9 Å². The maximum atomic E-state index is 5.97. The van der Waals surface area contributed by atoms with Crippen LogP contribution in [0.15, 0.2) is 41.7 Å². The van der Waals surface area contributed by atoms with Crippen molar-refractivity contribution in [2.75, 3.05) is 47.4 Å². The summed E-state index contributed by atoms with van der Waals surface area (Å²) in [6, 6.07) is 9.19. The summed E-state index contributed by atoms with van der Waals surface area (Å²) in [6.45, 7) is 5.25. The Morgan fingerprint density at radius 1 is 1.34 bits per heavy atom. The molecule has 0 amide bonds. The summed E-state index contributed by atoms with van der Waals surface area (Å²) in [4.78, 5) is 9.05. The lowest BCUT2D eigenvalue weighted by molar-refractivity contribution is -0.00811. The fourth-order valence-corrected chi connectivity index (χ4v) is 3.74. The predicted molar refractivity (Wildman–Crippen MR) is 117 cm³/mol. The van der Waals surface area contributed by atoms with Gasteiger partial charge in [0.2, 0.25) is 0 Å². The molecular weight excluding hydrogens is 364 g/mol. The number of nitrogens with zero attached hydrogens (tertiary/aromatic N) is 5. The fourth-order valence-electron chi connectivity index (χ4n) is 3.74. The third-order valence-corrected chi connectivity index (χ3v) is 5.52. The molecule has 0 spiro atoms. The first-order valence-electron chi connectivity index (χ1n) is 10.3. The Morgan fingerprint density at radius 2 is 2.10 bits per heavy atom. The van der Waals surface area contributed by atoms with Crippen LogP contribution < -0.4 is 5.32 Å². The maximum Gasteiger partial charge on any atom is 0.193 e. The molecule has 2 unspecified atom stereocenters. The van der Waals surface area contributed by atoms with Crippen LogP contribution in [0.3, 0.4) is 0 Å². The molecule has 0 saturated carbocycles. The molecule has 158 valence electrons. The SMILES string of the molecule is CCc1ccc(C(CNC(=NC)N2CCOC(c3cnn(C)c3)C2)N(C)C)cc1. The van der Waals surface area contributed by atoms with Gasteiger partial charge in [-0.2, -0.15) is 5.10 Å². The van der Waals surface area contributed by atoms with Crippen LogP contribution in [0.2, 0.25) is 0 Å². The van der Waals surface area contributed by atoms with Gasteiger partial charge in [0, 0.05) is 38.9 Å². The number of nitrogens with one attached hydrogen (secondary N) is 1. The van der Waals surface area contributed by atoms with Crippen molar-refractivity contribution in [1.29, 1.82) is 0 Å². The molecule has 29 heavy (non-hydrogen) atoms. The minimum atomic E-state index is 0.0160. The smallest absolute Gasteiger partial charge is 0.193 e. The van der Waals surface area contributed by atoms with Gasteiger partial charge in [0.1, 0.15) is 6.10 Å². The molecule has 7 nitrogen and oxygen atoms in total. The average Bonchev–Trinajstić information content (AvgIpc) is 3.18. The highest BCUT2D eigenvalue weighted by molar-refractivity contribution is 5.80. The lowest BCUT2D eigenvalue weighted by Gasteiger charge is -2.35. The Labute approximate surface area is 174 Å². The molecule has 7 heteroatoms. The molecule has 1 N–H and O–H groups in total. The van der Waals surface area contributed by atoms with E-state index >= 15 is 0 Å². The largest absolute Gasteiger partial charge is 0.370 e. The highest BCUT2D eigenvalue weighted by atomic mass is 16.5. The summed E-state index contributed by atoms with van der Waals surface area (Å²) in [5.74, 6) is 0.916. The predicted octanol–water partition coefficient (Wildman–Crippen LogP) is 2.23. The minimum Gasteiger partial charge on any atom is -0.370 e. The fraction of sp³-hybridized carbons (Fsp3) is 0.545. The van der Waals surface area contributed by atoms with Crippen LogP contribution in [0.4, 0.5) is 0 Å². The van der Waals surface area contributed by atoms with Gasteiger partial charge in [-0.25, -0.2) is 0 Å². The van der Waals surface area contributed by atoms with E-state index < -0.39 is 0 Å². The molecule has 2 heterocycles. The number of hydrogen-bond acceptors (Lipinski definition) is 4. The van der Waals surface area contributed by atoms with Crippen molar-refractivity contribution in [2.24, 2.45) is 12.0 Å². The third-order valence-electron chi connectivity index (χ3n) is 5.52. The van der Waals surface area contributed by atoms with Crippen molar-refractivity contribution in [3.8, 4) is 0 Å². The summed E-state index contributed by atoms with van der Waals surface area (Å²) in [5.41, 5.74) is 3.78. The van der Waals surface area contributed by atoms with E-state index in [2.05, 4.69) is 70.5 Å². The molecule has 3 rings (SSSR count). The van der Waals surface area contributed by atoms with Crippen molar-refractivity contribution in [3.05, 3.63) is 53.3 Å². The van der Waals surface area contributed by atoms with E-state index in [1.54, 1.807) is 0 Å². The molecule has 1 aromatic carbocycles. The number of hydrogen-bond donors (Lipinski definition) is 1. The van der Waals surface area contributed by atoms with Crippen molar-refractivity contribution < 1.29 is 4.74 Å². The second-order valence-electron chi connectivity index (χ2n) is 7.76. The van der Waals surface area contributed by atoms with Gasteiger partial charge in [-0.05, 0) is 31.6 Å². The van der Waals surface area contributed by atoms with E-state index in [1.807, 2.05) is 31.2 Å². The van der Waals surface area contributed by atoms with E-state index in [0.29, 0.717) is 6.61 Å². The zero-order valence-corrected chi connectivity index (χ0v) is 18.3.